The molecular weight excluding hydrogens is 174 g/mol. The van der Waals surface area contributed by atoms with Crippen molar-refractivity contribution in [3.05, 3.63) is 12.5 Å². The van der Waals surface area contributed by atoms with Crippen LogP contribution in [0.2, 0.25) is 0 Å². The van der Waals surface area contributed by atoms with E-state index in [0.717, 1.165) is 0 Å². The van der Waals surface area contributed by atoms with Gasteiger partial charge in [-0.1, -0.05) is 0 Å². The van der Waals surface area contributed by atoms with E-state index in [0.29, 0.717) is 12.5 Å². The summed E-state index contributed by atoms with van der Waals surface area (Å²) in [6.07, 6.45) is 0.197. The summed E-state index contributed by atoms with van der Waals surface area (Å²) in [7, 11) is 1.33. The molecule has 0 fully saturated rings. The van der Waals surface area contributed by atoms with Crippen molar-refractivity contribution in [2.24, 2.45) is 0 Å². The summed E-state index contributed by atoms with van der Waals surface area (Å²) in [6, 6.07) is 0. The Balaban J connectivity index is 3.25. The van der Waals surface area contributed by atoms with Gasteiger partial charge >= 0.3 is 5.97 Å². The fraction of sp³-hybridized carbons (Fsp3) is 0.625. The van der Waals surface area contributed by atoms with Crippen molar-refractivity contribution in [2.75, 3.05) is 20.3 Å². The molecule has 0 spiro atoms. The summed E-state index contributed by atoms with van der Waals surface area (Å²) in [4.78, 5) is 15.4. The summed E-state index contributed by atoms with van der Waals surface area (Å²) in [5, 5.41) is 0. The Kier molecular flexibility index (Phi) is 6.72. The molecule has 0 unspecified atom stereocenters. The van der Waals surface area contributed by atoms with Crippen LogP contribution in [0, 0.1) is 0 Å². The van der Waals surface area contributed by atoms with Crippen LogP contribution in [0.15, 0.2) is 12.5 Å². The second-order valence-corrected chi connectivity index (χ2v) is 2.13. The number of methoxy groups -OCH3 is 1. The van der Waals surface area contributed by atoms with Gasteiger partial charge in [0.15, 0.2) is 0 Å². The van der Waals surface area contributed by atoms with Crippen LogP contribution in [0.4, 0.5) is 0 Å². The van der Waals surface area contributed by atoms with Crippen LogP contribution in [0.25, 0.3) is 0 Å². The highest BCUT2D eigenvalue weighted by Gasteiger charge is 1.99. The number of esters is 1. The molecule has 0 radical (unpaired) electrons. The smallest absolute Gasteiger partial charge is 0.307 e. The third-order valence-corrected chi connectivity index (χ3v) is 1.14. The molecular formula is C8H15NO4. The molecule has 1 N–H and O–H groups in total. The number of rotatable bonds is 7. The molecule has 0 bridgehead atoms. The Morgan fingerprint density at radius 2 is 2.23 bits per heavy atom. The standard InChI is InChI=1S/C8H15NO4/c1-4-12-7(2)9-13-6-5-8(10)11-3/h9H,2,4-6H2,1,3H3. The highest BCUT2D eigenvalue weighted by Crippen LogP contribution is 1.89. The predicted octanol–water partition coefficient (Wildman–Crippen LogP) is 0.578. The van der Waals surface area contributed by atoms with Crippen LogP contribution >= 0.6 is 0 Å². The lowest BCUT2D eigenvalue weighted by atomic mass is 10.5. The fourth-order valence-corrected chi connectivity index (χ4v) is 0.572. The summed E-state index contributed by atoms with van der Waals surface area (Å²) in [5.41, 5.74) is 2.44. The first-order chi connectivity index (χ1) is 6.20. The van der Waals surface area contributed by atoms with Gasteiger partial charge in [-0.05, 0) is 13.5 Å². The van der Waals surface area contributed by atoms with E-state index in [1.165, 1.54) is 7.11 Å². The number of ether oxygens (including phenoxy) is 2. The number of carbonyl (C=O) groups is 1. The van der Waals surface area contributed by atoms with Crippen molar-refractivity contribution in [3.8, 4) is 0 Å². The van der Waals surface area contributed by atoms with Crippen LogP contribution < -0.4 is 5.48 Å². The topological polar surface area (TPSA) is 56.8 Å². The van der Waals surface area contributed by atoms with Crippen molar-refractivity contribution in [1.82, 2.24) is 5.48 Å². The lowest BCUT2D eigenvalue weighted by Gasteiger charge is -2.08. The van der Waals surface area contributed by atoms with Crippen LogP contribution in [0.3, 0.4) is 0 Å². The minimum Gasteiger partial charge on any atom is -0.478 e. The van der Waals surface area contributed by atoms with Gasteiger partial charge in [-0.15, -0.1) is 0 Å². The Morgan fingerprint density at radius 1 is 1.54 bits per heavy atom. The zero-order chi connectivity index (χ0) is 10.1. The molecule has 0 heterocycles. The molecule has 0 aliphatic carbocycles. The number of hydrogen-bond acceptors (Lipinski definition) is 5. The Hall–Kier alpha value is -1.23. The lowest BCUT2D eigenvalue weighted by molar-refractivity contribution is -0.142. The van der Waals surface area contributed by atoms with E-state index in [-0.39, 0.29) is 19.0 Å². The molecule has 0 aromatic rings. The highest BCUT2D eigenvalue weighted by molar-refractivity contribution is 5.69. The van der Waals surface area contributed by atoms with Crippen LogP contribution in [-0.4, -0.2) is 26.3 Å². The molecule has 0 amide bonds. The first kappa shape index (κ1) is 11.8. The molecule has 0 aromatic carbocycles. The SMILES string of the molecule is C=C(NOCCC(=O)OC)OCC. The Morgan fingerprint density at radius 3 is 2.77 bits per heavy atom. The maximum Gasteiger partial charge on any atom is 0.307 e. The monoisotopic (exact) mass is 189 g/mol. The molecule has 0 aliphatic rings. The molecule has 0 aromatic heterocycles. The van der Waals surface area contributed by atoms with Crippen LogP contribution in [0.1, 0.15) is 13.3 Å². The summed E-state index contributed by atoms with van der Waals surface area (Å²) in [5.74, 6) is 0.0104. The average Bonchev–Trinajstić information content (AvgIpc) is 2.12. The zero-order valence-corrected chi connectivity index (χ0v) is 7.96. The molecule has 5 heteroatoms. The number of hydroxylamine groups is 1. The molecule has 0 atom stereocenters. The van der Waals surface area contributed by atoms with Crippen LogP contribution in [-0.2, 0) is 19.1 Å². The van der Waals surface area contributed by atoms with Crippen molar-refractivity contribution < 1.29 is 19.1 Å². The largest absolute Gasteiger partial charge is 0.478 e. The second-order valence-electron chi connectivity index (χ2n) is 2.13. The quantitative estimate of drug-likeness (QED) is 0.275. The van der Waals surface area contributed by atoms with E-state index in [2.05, 4.69) is 16.8 Å². The third kappa shape index (κ3) is 7.14. The van der Waals surface area contributed by atoms with Gasteiger partial charge in [0.2, 0.25) is 5.88 Å². The van der Waals surface area contributed by atoms with E-state index in [1.54, 1.807) is 0 Å². The molecule has 76 valence electrons. The average molecular weight is 189 g/mol. The molecule has 13 heavy (non-hydrogen) atoms. The first-order valence-electron chi connectivity index (χ1n) is 3.97. The molecule has 0 rings (SSSR count). The molecule has 5 nitrogen and oxygen atoms in total. The van der Waals surface area contributed by atoms with Gasteiger partial charge in [-0.2, -0.15) is 0 Å². The number of hydrogen-bond donors (Lipinski definition) is 1. The normalized spacial score (nSPS) is 9.08. The predicted molar refractivity (Wildman–Crippen MR) is 46.5 cm³/mol. The maximum absolute atomic E-state index is 10.6. The van der Waals surface area contributed by atoms with Gasteiger partial charge in [0.1, 0.15) is 0 Å². The van der Waals surface area contributed by atoms with Gasteiger partial charge in [0, 0.05) is 0 Å². The Labute approximate surface area is 77.6 Å². The van der Waals surface area contributed by atoms with Gasteiger partial charge in [0.25, 0.3) is 0 Å². The van der Waals surface area contributed by atoms with Gasteiger partial charge in [0.05, 0.1) is 26.7 Å². The van der Waals surface area contributed by atoms with E-state index >= 15 is 0 Å². The minimum absolute atomic E-state index is 0.197. The second kappa shape index (κ2) is 7.42. The summed E-state index contributed by atoms with van der Waals surface area (Å²) < 4.78 is 9.33. The molecule has 0 aliphatic heterocycles. The summed E-state index contributed by atoms with van der Waals surface area (Å²) in [6.45, 7) is 6.08. The molecule has 0 saturated carbocycles. The fourth-order valence-electron chi connectivity index (χ4n) is 0.572. The summed E-state index contributed by atoms with van der Waals surface area (Å²) >= 11 is 0. The van der Waals surface area contributed by atoms with Gasteiger partial charge in [-0.3, -0.25) is 9.63 Å². The maximum atomic E-state index is 10.6. The zero-order valence-electron chi connectivity index (χ0n) is 7.96. The van der Waals surface area contributed by atoms with E-state index < -0.39 is 0 Å². The lowest BCUT2D eigenvalue weighted by Crippen LogP contribution is -2.18. The van der Waals surface area contributed by atoms with E-state index in [1.807, 2.05) is 6.92 Å². The van der Waals surface area contributed by atoms with Crippen molar-refractivity contribution in [2.45, 2.75) is 13.3 Å². The van der Waals surface area contributed by atoms with Gasteiger partial charge in [-0.25, -0.2) is 5.48 Å². The van der Waals surface area contributed by atoms with Crippen molar-refractivity contribution >= 4 is 5.97 Å². The minimum atomic E-state index is -0.316. The first-order valence-corrected chi connectivity index (χ1v) is 3.97. The Bertz CT molecular complexity index is 170. The van der Waals surface area contributed by atoms with Crippen molar-refractivity contribution in [1.29, 1.82) is 0 Å². The van der Waals surface area contributed by atoms with Crippen molar-refractivity contribution in [3.63, 3.8) is 0 Å². The molecule has 0 saturated heterocycles. The number of carbonyl (C=O) groups excluding carboxylic acids is 1. The van der Waals surface area contributed by atoms with Gasteiger partial charge < -0.3 is 9.47 Å². The highest BCUT2D eigenvalue weighted by atomic mass is 16.7. The number of nitrogens with one attached hydrogen (secondary N) is 1. The van der Waals surface area contributed by atoms with E-state index in [4.69, 9.17) is 9.57 Å². The third-order valence-electron chi connectivity index (χ3n) is 1.14. The van der Waals surface area contributed by atoms with E-state index in [9.17, 15) is 4.79 Å². The van der Waals surface area contributed by atoms with Crippen LogP contribution in [0.5, 0.6) is 0 Å².